The van der Waals surface area contributed by atoms with Crippen LogP contribution in [0.5, 0.6) is 5.75 Å². The van der Waals surface area contributed by atoms with Crippen LogP contribution in [0, 0.1) is 58.7 Å². The van der Waals surface area contributed by atoms with Crippen molar-refractivity contribution in [3.63, 3.8) is 0 Å². The van der Waals surface area contributed by atoms with Gasteiger partial charge in [0.15, 0.2) is 12.4 Å². The van der Waals surface area contributed by atoms with E-state index in [2.05, 4.69) is 33.0 Å². The summed E-state index contributed by atoms with van der Waals surface area (Å²) in [4.78, 5) is 25.9. The van der Waals surface area contributed by atoms with Crippen molar-refractivity contribution in [3.05, 3.63) is 29.8 Å². The number of ether oxygens (including phenoxy) is 7. The normalized spacial score (nSPS) is 40.3. The second-order valence-corrected chi connectivity index (χ2v) is 21.2. The molecule has 5 N–H and O–H groups in total. The lowest BCUT2D eigenvalue weighted by Gasteiger charge is -2.56. The highest BCUT2D eigenvalue weighted by Gasteiger charge is 2.56. The van der Waals surface area contributed by atoms with E-state index in [1.54, 1.807) is 12.1 Å². The zero-order valence-electron chi connectivity index (χ0n) is 39.9. The highest BCUT2D eigenvalue weighted by atomic mass is 16.7. The maximum atomic E-state index is 13.2. The first-order valence-electron chi connectivity index (χ1n) is 25.1. The lowest BCUT2D eigenvalue weighted by atomic mass is 9.49. The van der Waals surface area contributed by atoms with Crippen LogP contribution in [0.2, 0.25) is 0 Å². The first-order valence-corrected chi connectivity index (χ1v) is 25.1. The van der Waals surface area contributed by atoms with E-state index in [0.29, 0.717) is 53.1 Å². The third-order valence-electron chi connectivity index (χ3n) is 17.0. The van der Waals surface area contributed by atoms with Gasteiger partial charge in [-0.2, -0.15) is 0 Å². The lowest BCUT2D eigenvalue weighted by molar-refractivity contribution is -0.282. The van der Waals surface area contributed by atoms with Gasteiger partial charge < -0.3 is 58.9 Å². The van der Waals surface area contributed by atoms with Crippen molar-refractivity contribution in [1.29, 1.82) is 0 Å². The van der Waals surface area contributed by atoms with Gasteiger partial charge >= 0.3 is 11.9 Å². The monoisotopic (exact) mass is 916 g/mol. The minimum absolute atomic E-state index is 0.00165. The Labute approximate surface area is 387 Å². The fourth-order valence-electron chi connectivity index (χ4n) is 13.5. The molecule has 0 aromatic heterocycles. The number of carbonyl (C=O) groups excluding carboxylic acids is 2. The molecule has 6 aliphatic rings. The average molecular weight is 916 g/mol. The fraction of sp³-hybridized carbons (Fsp3) is 0.843. The van der Waals surface area contributed by atoms with Gasteiger partial charge in [0.2, 0.25) is 0 Å². The molecular weight excluding hydrogens is 835 g/mol. The molecule has 0 spiro atoms. The van der Waals surface area contributed by atoms with E-state index in [1.807, 2.05) is 0 Å². The van der Waals surface area contributed by atoms with Gasteiger partial charge in [-0.3, -0.25) is 4.79 Å². The van der Waals surface area contributed by atoms with E-state index in [4.69, 9.17) is 33.2 Å². The molecule has 4 aliphatic carbocycles. The van der Waals surface area contributed by atoms with E-state index in [0.717, 1.165) is 45.2 Å². The summed E-state index contributed by atoms with van der Waals surface area (Å²) in [6.45, 7) is 12.5. The molecule has 6 fully saturated rings. The Hall–Kier alpha value is -2.40. The van der Waals surface area contributed by atoms with Crippen LogP contribution in [0.3, 0.4) is 0 Å². The molecular formula is C51H81NO13. The number of aliphatic hydroxyl groups excluding tert-OH is 4. The van der Waals surface area contributed by atoms with Crippen molar-refractivity contribution in [2.24, 2.45) is 58.7 Å². The molecule has 0 amide bonds. The summed E-state index contributed by atoms with van der Waals surface area (Å²) in [7, 11) is 1.52. The number of rotatable bonds is 18. The van der Waals surface area contributed by atoms with Crippen molar-refractivity contribution < 1.29 is 63.2 Å². The topological polar surface area (TPSA) is 192 Å². The Kier molecular flexibility index (Phi) is 17.7. The van der Waals surface area contributed by atoms with E-state index in [1.165, 1.54) is 71.1 Å². The highest BCUT2D eigenvalue weighted by Crippen LogP contribution is 2.62. The molecule has 7 rings (SSSR count). The quantitative estimate of drug-likeness (QED) is 0.113. The Bertz CT molecular complexity index is 1670. The summed E-state index contributed by atoms with van der Waals surface area (Å²) in [5, 5.41) is 47.0. The van der Waals surface area contributed by atoms with Crippen LogP contribution in [0.1, 0.15) is 122 Å². The predicted molar refractivity (Wildman–Crippen MR) is 242 cm³/mol. The standard InChI is InChI=1S/C51H81NO13/c1-7-52-24-29(2)9-8-10-30(3)45-33-13-18-40-38(17-14-35-23-36(54)19-20-51(35,40)5)34(21-33)22-43(45)61-28-44-47(64-31(4)53)39(41(55)26-60-44)25-62-50-48(46(57)42(56)27-63-50)65-49(58)32-11-15-37(59-6)16-12-32/h11-12,15-16,29-30,33-36,38-48,50,52,54-57H,7-10,13-14,17-28H2,1-6H3/t29-,30-,33-,34?,35+,36+,38+,39+,40+,41+,42-,43+,44+,45-,46+,47-,48-,50-,51+/m1/s1. The molecule has 1 aromatic carbocycles. The molecule has 2 bridgehead atoms. The first kappa shape index (κ1) is 50.5. The molecule has 1 unspecified atom stereocenters. The van der Waals surface area contributed by atoms with E-state index < -0.39 is 60.8 Å². The van der Waals surface area contributed by atoms with Crippen LogP contribution >= 0.6 is 0 Å². The SMILES string of the molecule is CCNC[C@H](C)CCC[C@@H](C)[C@@H]1[C@@H]2CC[C@H]3[C@@H](CC[C@H]4C[C@@H](O)CC[C@@]43C)C(C2)C[C@@H]1OC[C@@H]1OC[C@H](O)[C@H](CO[C@@H]2OC[C@@H](O)[C@H](O)[C@H]2OC(=O)c2ccc(OC)cc2)[C@H]1OC(C)=O. The van der Waals surface area contributed by atoms with Gasteiger partial charge in [0.1, 0.15) is 30.2 Å². The summed E-state index contributed by atoms with van der Waals surface area (Å²) in [5.41, 5.74) is 0.466. The van der Waals surface area contributed by atoms with Gasteiger partial charge in [0.05, 0.1) is 63.3 Å². The minimum Gasteiger partial charge on any atom is -0.497 e. The molecule has 14 nitrogen and oxygen atoms in total. The molecule has 65 heavy (non-hydrogen) atoms. The molecule has 4 saturated carbocycles. The average Bonchev–Trinajstić information content (AvgIpc) is 3.43. The van der Waals surface area contributed by atoms with Gasteiger partial charge in [-0.05, 0) is 154 Å². The van der Waals surface area contributed by atoms with Gasteiger partial charge in [-0.25, -0.2) is 4.79 Å². The molecule has 2 heterocycles. The second kappa shape index (κ2) is 22.8. The Morgan fingerprint density at radius 1 is 0.862 bits per heavy atom. The first-order chi connectivity index (χ1) is 31.2. The predicted octanol–water partition coefficient (Wildman–Crippen LogP) is 5.69. The Morgan fingerprint density at radius 3 is 2.37 bits per heavy atom. The van der Waals surface area contributed by atoms with Gasteiger partial charge in [0.25, 0.3) is 0 Å². The van der Waals surface area contributed by atoms with E-state index >= 15 is 0 Å². The van der Waals surface area contributed by atoms with E-state index in [-0.39, 0.29) is 49.6 Å². The van der Waals surface area contributed by atoms with Crippen LogP contribution in [0.15, 0.2) is 24.3 Å². The third-order valence-corrected chi connectivity index (χ3v) is 17.0. The smallest absolute Gasteiger partial charge is 0.338 e. The van der Waals surface area contributed by atoms with Crippen LogP contribution in [-0.2, 0) is 33.2 Å². The lowest BCUT2D eigenvalue weighted by Crippen LogP contribution is -2.58. The Morgan fingerprint density at radius 2 is 1.63 bits per heavy atom. The zero-order chi connectivity index (χ0) is 46.4. The highest BCUT2D eigenvalue weighted by molar-refractivity contribution is 5.89. The zero-order valence-corrected chi connectivity index (χ0v) is 39.9. The van der Waals surface area contributed by atoms with Crippen LogP contribution in [0.4, 0.5) is 0 Å². The second-order valence-electron chi connectivity index (χ2n) is 21.2. The van der Waals surface area contributed by atoms with Crippen molar-refractivity contribution >= 4 is 11.9 Å². The summed E-state index contributed by atoms with van der Waals surface area (Å²) < 4.78 is 42.2. The summed E-state index contributed by atoms with van der Waals surface area (Å²) in [6, 6.07) is 6.27. The molecule has 1 aromatic rings. The van der Waals surface area contributed by atoms with Crippen molar-refractivity contribution in [2.45, 2.75) is 167 Å². The molecule has 19 atom stereocenters. The largest absolute Gasteiger partial charge is 0.497 e. The summed E-state index contributed by atoms with van der Waals surface area (Å²) >= 11 is 0. The number of methoxy groups -OCH3 is 1. The van der Waals surface area contributed by atoms with Crippen molar-refractivity contribution in [2.75, 3.05) is 46.6 Å². The summed E-state index contributed by atoms with van der Waals surface area (Å²) in [5.74, 6) is 2.92. The number of aliphatic hydroxyl groups is 4. The van der Waals surface area contributed by atoms with Crippen molar-refractivity contribution in [3.8, 4) is 5.75 Å². The maximum Gasteiger partial charge on any atom is 0.338 e. The molecule has 368 valence electrons. The number of carbonyl (C=O) groups is 2. The fourth-order valence-corrected chi connectivity index (χ4v) is 13.5. The molecule has 14 heteroatoms. The number of hydrogen-bond donors (Lipinski definition) is 5. The van der Waals surface area contributed by atoms with Gasteiger partial charge in [0, 0.05) is 6.92 Å². The third kappa shape index (κ3) is 11.9. The Balaban J connectivity index is 1.06. The number of hydrogen-bond acceptors (Lipinski definition) is 14. The number of fused-ring (bicyclic) bond motifs is 6. The number of esters is 2. The minimum atomic E-state index is -1.51. The summed E-state index contributed by atoms with van der Waals surface area (Å²) in [6.07, 6.45) is 5.10. The van der Waals surface area contributed by atoms with Crippen molar-refractivity contribution in [1.82, 2.24) is 5.32 Å². The van der Waals surface area contributed by atoms with Crippen LogP contribution in [0.25, 0.3) is 0 Å². The van der Waals surface area contributed by atoms with Crippen LogP contribution < -0.4 is 10.1 Å². The van der Waals surface area contributed by atoms with Gasteiger partial charge in [-0.15, -0.1) is 0 Å². The van der Waals surface area contributed by atoms with Crippen LogP contribution in [-0.4, -0.2) is 134 Å². The number of benzene rings is 1. The number of nitrogens with one attached hydrogen (secondary N) is 1. The molecule has 2 saturated heterocycles. The van der Waals surface area contributed by atoms with Gasteiger partial charge in [-0.1, -0.05) is 40.5 Å². The molecule has 2 aliphatic heterocycles. The van der Waals surface area contributed by atoms with E-state index in [9.17, 15) is 30.0 Å². The maximum absolute atomic E-state index is 13.2. The molecule has 0 radical (unpaired) electrons.